The number of rotatable bonds is 5. The molecule has 0 amide bonds. The van der Waals surface area contributed by atoms with Crippen molar-refractivity contribution in [1.82, 2.24) is 0 Å². The summed E-state index contributed by atoms with van der Waals surface area (Å²) in [6.07, 6.45) is -0.709. The fourth-order valence-corrected chi connectivity index (χ4v) is 4.73. The molecule has 0 N–H and O–H groups in total. The number of carbonyl (C=O) groups excluding carboxylic acids is 1. The lowest BCUT2D eigenvalue weighted by atomic mass is 9.93. The number of ether oxygens (including phenoxy) is 1. The van der Waals surface area contributed by atoms with Crippen LogP contribution in [0.3, 0.4) is 0 Å². The molecular weight excluding hydrogens is 335 g/mol. The number of hydrogen-bond acceptors (Lipinski definition) is 4. The maximum Gasteiger partial charge on any atom is 0.192 e. The van der Waals surface area contributed by atoms with Crippen LogP contribution in [-0.4, -0.2) is 55.1 Å². The highest BCUT2D eigenvalue weighted by atomic mass is 28.4. The van der Waals surface area contributed by atoms with Crippen LogP contribution in [0.5, 0.6) is 0 Å². The van der Waals surface area contributed by atoms with E-state index >= 15 is 0 Å². The Morgan fingerprint density at radius 2 is 1.25 bits per heavy atom. The first-order chi connectivity index (χ1) is 10.5. The molecule has 138 valence electrons. The zero-order chi connectivity index (χ0) is 19.1. The predicted molar refractivity (Wildman–Crippen MR) is 105 cm³/mol. The summed E-state index contributed by atoms with van der Waals surface area (Å²) in [6, 6.07) is -0.635. The standard InChI is InChI=1S/C17H35BO4Si2/c1-16(2,3)23(7,8)21-13-12(11-19)20-15(18)14(13)22-24(9,10)17(4,5)6/h11-15H,1-10H3/t12-,13+,14?,15-/m1/s1. The molecule has 2 radical (unpaired) electrons. The molecule has 1 heterocycles. The van der Waals surface area contributed by atoms with Gasteiger partial charge in [-0.1, -0.05) is 41.5 Å². The molecule has 0 aliphatic carbocycles. The molecule has 1 aliphatic rings. The highest BCUT2D eigenvalue weighted by Crippen LogP contribution is 2.42. The van der Waals surface area contributed by atoms with Gasteiger partial charge in [-0.3, -0.25) is 0 Å². The van der Waals surface area contributed by atoms with Crippen LogP contribution in [0.25, 0.3) is 0 Å². The molecule has 1 saturated heterocycles. The van der Waals surface area contributed by atoms with E-state index in [0.717, 1.165) is 6.29 Å². The van der Waals surface area contributed by atoms with Gasteiger partial charge in [0, 0.05) is 6.00 Å². The van der Waals surface area contributed by atoms with Gasteiger partial charge in [0.1, 0.15) is 20.1 Å². The van der Waals surface area contributed by atoms with Gasteiger partial charge in [-0.2, -0.15) is 0 Å². The van der Waals surface area contributed by atoms with Crippen LogP contribution in [0.1, 0.15) is 41.5 Å². The molecule has 24 heavy (non-hydrogen) atoms. The van der Waals surface area contributed by atoms with Gasteiger partial charge in [-0.05, 0) is 36.3 Å². The summed E-state index contributed by atoms with van der Waals surface area (Å²) >= 11 is 0. The van der Waals surface area contributed by atoms with E-state index in [1.54, 1.807) is 0 Å². The summed E-state index contributed by atoms with van der Waals surface area (Å²) < 4.78 is 18.7. The minimum atomic E-state index is -2.08. The monoisotopic (exact) mass is 370 g/mol. The van der Waals surface area contributed by atoms with E-state index < -0.39 is 41.0 Å². The van der Waals surface area contributed by atoms with Crippen LogP contribution >= 0.6 is 0 Å². The highest BCUT2D eigenvalue weighted by Gasteiger charge is 2.52. The SMILES string of the molecule is [B][C@@H]1O[C@H](C=O)[C@H](O[Si](C)(C)C(C)(C)C)C1O[Si](C)(C)C(C)(C)C. The van der Waals surface area contributed by atoms with Gasteiger partial charge in [-0.25, -0.2) is 0 Å². The Labute approximate surface area is 151 Å². The van der Waals surface area contributed by atoms with Crippen molar-refractivity contribution in [3.05, 3.63) is 0 Å². The minimum absolute atomic E-state index is 0.0364. The maximum atomic E-state index is 11.5. The van der Waals surface area contributed by atoms with Crippen LogP contribution in [0.4, 0.5) is 0 Å². The quantitative estimate of drug-likeness (QED) is 0.545. The lowest BCUT2D eigenvalue weighted by Gasteiger charge is -2.43. The predicted octanol–water partition coefficient (Wildman–Crippen LogP) is 3.86. The van der Waals surface area contributed by atoms with Crippen molar-refractivity contribution in [3.8, 4) is 0 Å². The first kappa shape index (κ1) is 22.1. The molecular formula is C17H35BO4Si2. The molecule has 1 rings (SSSR count). The molecule has 1 unspecified atom stereocenters. The second-order valence-electron chi connectivity index (χ2n) is 9.89. The Bertz CT molecular complexity index is 454. The molecule has 4 nitrogen and oxygen atoms in total. The van der Waals surface area contributed by atoms with Crippen LogP contribution in [0.2, 0.25) is 36.3 Å². The van der Waals surface area contributed by atoms with E-state index in [0.29, 0.717) is 0 Å². The van der Waals surface area contributed by atoms with Gasteiger partial charge in [-0.15, -0.1) is 0 Å². The largest absolute Gasteiger partial charge is 0.409 e. The van der Waals surface area contributed by atoms with Crippen LogP contribution < -0.4 is 0 Å². The average molecular weight is 370 g/mol. The zero-order valence-electron chi connectivity index (χ0n) is 17.1. The van der Waals surface area contributed by atoms with E-state index in [1.807, 2.05) is 0 Å². The van der Waals surface area contributed by atoms with Crippen molar-refractivity contribution in [2.75, 3.05) is 0 Å². The fraction of sp³-hybridized carbons (Fsp3) is 0.941. The molecule has 0 spiro atoms. The smallest absolute Gasteiger partial charge is 0.192 e. The summed E-state index contributed by atoms with van der Waals surface area (Å²) in [5, 5.41) is 0.0855. The molecule has 0 aromatic rings. The summed E-state index contributed by atoms with van der Waals surface area (Å²) in [5.41, 5.74) is 0. The summed E-state index contributed by atoms with van der Waals surface area (Å²) in [6.45, 7) is 21.8. The Balaban J connectivity index is 3.10. The first-order valence-electron chi connectivity index (χ1n) is 8.75. The van der Waals surface area contributed by atoms with Crippen molar-refractivity contribution in [2.24, 2.45) is 0 Å². The van der Waals surface area contributed by atoms with Gasteiger partial charge in [0.2, 0.25) is 0 Å². The van der Waals surface area contributed by atoms with Gasteiger partial charge < -0.3 is 18.4 Å². The van der Waals surface area contributed by atoms with E-state index in [2.05, 4.69) is 67.7 Å². The lowest BCUT2D eigenvalue weighted by Crippen LogP contribution is -2.54. The topological polar surface area (TPSA) is 44.8 Å². The van der Waals surface area contributed by atoms with Crippen molar-refractivity contribution < 1.29 is 18.4 Å². The molecule has 0 aromatic heterocycles. The summed E-state index contributed by atoms with van der Waals surface area (Å²) in [7, 11) is 2.03. The third-order valence-electron chi connectivity index (χ3n) is 5.89. The maximum absolute atomic E-state index is 11.5. The van der Waals surface area contributed by atoms with E-state index in [9.17, 15) is 4.79 Å². The Morgan fingerprint density at radius 1 is 0.875 bits per heavy atom. The number of carbonyl (C=O) groups is 1. The van der Waals surface area contributed by atoms with Crippen molar-refractivity contribution in [3.63, 3.8) is 0 Å². The molecule has 0 aromatic carbocycles. The van der Waals surface area contributed by atoms with Crippen molar-refractivity contribution >= 4 is 30.8 Å². The van der Waals surface area contributed by atoms with E-state index in [4.69, 9.17) is 21.4 Å². The molecule has 0 bridgehead atoms. The zero-order valence-corrected chi connectivity index (χ0v) is 19.1. The van der Waals surface area contributed by atoms with Crippen LogP contribution in [0.15, 0.2) is 0 Å². The van der Waals surface area contributed by atoms with Gasteiger partial charge in [0.05, 0.1) is 6.10 Å². The van der Waals surface area contributed by atoms with Gasteiger partial charge >= 0.3 is 0 Å². The minimum Gasteiger partial charge on any atom is -0.409 e. The molecule has 1 aliphatic heterocycles. The first-order valence-corrected chi connectivity index (χ1v) is 14.6. The summed E-state index contributed by atoms with van der Waals surface area (Å²) in [4.78, 5) is 11.5. The summed E-state index contributed by atoms with van der Waals surface area (Å²) in [5.74, 6) is 0. The van der Waals surface area contributed by atoms with E-state index in [-0.39, 0.29) is 10.1 Å². The van der Waals surface area contributed by atoms with Crippen molar-refractivity contribution in [1.29, 1.82) is 0 Å². The van der Waals surface area contributed by atoms with Crippen LogP contribution in [0, 0.1) is 0 Å². The van der Waals surface area contributed by atoms with E-state index in [1.165, 1.54) is 0 Å². The average Bonchev–Trinajstić information content (AvgIpc) is 2.63. The number of aldehydes is 1. The third kappa shape index (κ3) is 4.61. The Hall–Kier alpha value is 0.0487. The lowest BCUT2D eigenvalue weighted by molar-refractivity contribution is -0.119. The van der Waals surface area contributed by atoms with Crippen LogP contribution in [-0.2, 0) is 18.4 Å². The Morgan fingerprint density at radius 3 is 1.58 bits per heavy atom. The Kier molecular flexibility index (Phi) is 6.43. The second-order valence-corrected chi connectivity index (χ2v) is 19.4. The normalized spacial score (nSPS) is 29.8. The molecule has 4 atom stereocenters. The van der Waals surface area contributed by atoms with Gasteiger partial charge in [0.15, 0.2) is 22.9 Å². The molecule has 1 fully saturated rings. The van der Waals surface area contributed by atoms with Gasteiger partial charge in [0.25, 0.3) is 0 Å². The third-order valence-corrected chi connectivity index (χ3v) is 14.8. The molecule has 7 heteroatoms. The second kappa shape index (κ2) is 6.99. The molecule has 0 saturated carbocycles. The van der Waals surface area contributed by atoms with Crippen molar-refractivity contribution in [2.45, 2.75) is 102 Å². The number of hydrogen-bond donors (Lipinski definition) is 0. The highest BCUT2D eigenvalue weighted by molar-refractivity contribution is 6.74. The fourth-order valence-electron chi connectivity index (χ4n) is 2.12.